The summed E-state index contributed by atoms with van der Waals surface area (Å²) in [6.45, 7) is 4.51. The van der Waals surface area contributed by atoms with Crippen molar-refractivity contribution in [2.45, 2.75) is 12.6 Å². The summed E-state index contributed by atoms with van der Waals surface area (Å²) in [6, 6.07) is 9.65. The van der Waals surface area contributed by atoms with Crippen LogP contribution in [0, 0.1) is 0 Å². The highest BCUT2D eigenvalue weighted by molar-refractivity contribution is 7.07. The van der Waals surface area contributed by atoms with Crippen LogP contribution in [0.1, 0.15) is 5.56 Å². The van der Waals surface area contributed by atoms with Crippen LogP contribution in [0.4, 0.5) is 0 Å². The number of amides is 1. The minimum Gasteiger partial charge on any atom is -0.485 e. The molecule has 4 rings (SSSR count). The monoisotopic (exact) mass is 344 g/mol. The Morgan fingerprint density at radius 2 is 1.92 bits per heavy atom. The Kier molecular flexibility index (Phi) is 4.40. The molecule has 6 heteroatoms. The fourth-order valence-electron chi connectivity index (χ4n) is 3.11. The molecule has 126 valence electrons. The molecule has 2 aromatic rings. The van der Waals surface area contributed by atoms with Crippen LogP contribution >= 0.6 is 11.3 Å². The van der Waals surface area contributed by atoms with Crippen molar-refractivity contribution in [3.05, 3.63) is 46.7 Å². The van der Waals surface area contributed by atoms with Crippen molar-refractivity contribution < 1.29 is 14.3 Å². The van der Waals surface area contributed by atoms with Gasteiger partial charge in [0.25, 0.3) is 5.91 Å². The molecule has 5 nitrogen and oxygen atoms in total. The van der Waals surface area contributed by atoms with Gasteiger partial charge in [0.15, 0.2) is 11.5 Å². The third-order valence-electron chi connectivity index (χ3n) is 4.45. The molecule has 0 bridgehead atoms. The Hall–Kier alpha value is -2.05. The fraction of sp³-hybridized carbons (Fsp3) is 0.389. The SMILES string of the molecule is O=C(C1COc2ccccc2O1)N1CCN(Cc2ccsc2)CC1. The van der Waals surface area contributed by atoms with E-state index in [1.54, 1.807) is 11.3 Å². The van der Waals surface area contributed by atoms with Gasteiger partial charge in [-0.15, -0.1) is 0 Å². The molecule has 1 atom stereocenters. The summed E-state index contributed by atoms with van der Waals surface area (Å²) in [7, 11) is 0. The van der Waals surface area contributed by atoms with Gasteiger partial charge in [-0.1, -0.05) is 12.1 Å². The standard InChI is InChI=1S/C18H20N2O3S/c21-18(17-12-22-15-3-1-2-4-16(15)23-17)20-8-6-19(7-9-20)11-14-5-10-24-13-14/h1-5,10,13,17H,6-9,11-12H2. The summed E-state index contributed by atoms with van der Waals surface area (Å²) in [5.41, 5.74) is 1.35. The van der Waals surface area contributed by atoms with Crippen molar-refractivity contribution in [1.82, 2.24) is 9.80 Å². The second-order valence-corrected chi connectivity index (χ2v) is 6.88. The Bertz CT molecular complexity index is 696. The molecule has 24 heavy (non-hydrogen) atoms. The normalized spacial score (nSPS) is 20.8. The van der Waals surface area contributed by atoms with Crippen LogP contribution in [0.3, 0.4) is 0 Å². The maximum atomic E-state index is 12.7. The number of rotatable bonds is 3. The summed E-state index contributed by atoms with van der Waals surface area (Å²) in [5, 5.41) is 4.29. The number of ether oxygens (including phenoxy) is 2. The number of nitrogens with zero attached hydrogens (tertiary/aromatic N) is 2. The topological polar surface area (TPSA) is 42.0 Å². The first-order chi connectivity index (χ1) is 11.8. The molecule has 3 heterocycles. The third kappa shape index (κ3) is 3.25. The zero-order valence-corrected chi connectivity index (χ0v) is 14.2. The molecule has 0 spiro atoms. The van der Waals surface area contributed by atoms with Crippen LogP contribution in [0.5, 0.6) is 11.5 Å². The fourth-order valence-corrected chi connectivity index (χ4v) is 3.77. The van der Waals surface area contributed by atoms with Gasteiger partial charge in [0.1, 0.15) is 6.61 Å². The minimum absolute atomic E-state index is 0.0275. The lowest BCUT2D eigenvalue weighted by Crippen LogP contribution is -2.53. The van der Waals surface area contributed by atoms with Crippen molar-refractivity contribution >= 4 is 17.2 Å². The summed E-state index contributed by atoms with van der Waals surface area (Å²) >= 11 is 1.73. The third-order valence-corrected chi connectivity index (χ3v) is 5.19. The number of carbonyl (C=O) groups is 1. The first-order valence-electron chi connectivity index (χ1n) is 8.20. The van der Waals surface area contributed by atoms with Crippen molar-refractivity contribution in [3.63, 3.8) is 0 Å². The molecule has 0 aliphatic carbocycles. The highest BCUT2D eigenvalue weighted by Gasteiger charge is 2.32. The number of carbonyl (C=O) groups excluding carboxylic acids is 1. The van der Waals surface area contributed by atoms with E-state index < -0.39 is 6.10 Å². The number of thiophene rings is 1. The van der Waals surface area contributed by atoms with Gasteiger partial charge in [0.2, 0.25) is 6.10 Å². The van der Waals surface area contributed by atoms with Crippen molar-refractivity contribution in [2.24, 2.45) is 0 Å². The lowest BCUT2D eigenvalue weighted by Gasteiger charge is -2.37. The van der Waals surface area contributed by atoms with Crippen LogP contribution < -0.4 is 9.47 Å². The molecule has 1 unspecified atom stereocenters. The van der Waals surface area contributed by atoms with Gasteiger partial charge in [-0.3, -0.25) is 9.69 Å². The summed E-state index contributed by atoms with van der Waals surface area (Å²) in [5.74, 6) is 1.39. The van der Waals surface area contributed by atoms with Crippen LogP contribution in [0.15, 0.2) is 41.1 Å². The summed E-state index contributed by atoms with van der Waals surface area (Å²) in [6.07, 6.45) is -0.539. The zero-order valence-electron chi connectivity index (χ0n) is 13.4. The molecule has 0 N–H and O–H groups in total. The number of fused-ring (bicyclic) bond motifs is 1. The van der Waals surface area contributed by atoms with Crippen molar-refractivity contribution in [2.75, 3.05) is 32.8 Å². The van der Waals surface area contributed by atoms with E-state index in [0.29, 0.717) is 11.5 Å². The Morgan fingerprint density at radius 3 is 2.67 bits per heavy atom. The Balaban J connectivity index is 1.32. The van der Waals surface area contributed by atoms with Crippen LogP contribution in [0.2, 0.25) is 0 Å². The molecule has 0 saturated carbocycles. The van der Waals surface area contributed by atoms with E-state index in [2.05, 4.69) is 21.7 Å². The smallest absolute Gasteiger partial charge is 0.267 e. The Labute approximate surface area is 145 Å². The molecule has 1 aromatic heterocycles. The average molecular weight is 344 g/mol. The molecule has 2 aliphatic rings. The van der Waals surface area contributed by atoms with E-state index in [1.165, 1.54) is 5.56 Å². The summed E-state index contributed by atoms with van der Waals surface area (Å²) in [4.78, 5) is 17.0. The number of benzene rings is 1. The lowest BCUT2D eigenvalue weighted by molar-refractivity contribution is -0.143. The highest BCUT2D eigenvalue weighted by Crippen LogP contribution is 2.31. The molecular weight excluding hydrogens is 324 g/mol. The van der Waals surface area contributed by atoms with Gasteiger partial charge in [0, 0.05) is 32.7 Å². The van der Waals surface area contributed by atoms with Crippen LogP contribution in [-0.2, 0) is 11.3 Å². The second kappa shape index (κ2) is 6.83. The first kappa shape index (κ1) is 15.5. The predicted octanol–water partition coefficient (Wildman–Crippen LogP) is 2.23. The van der Waals surface area contributed by atoms with Gasteiger partial charge in [-0.05, 0) is 34.5 Å². The molecule has 1 aromatic carbocycles. The largest absolute Gasteiger partial charge is 0.485 e. The van der Waals surface area contributed by atoms with E-state index in [4.69, 9.17) is 9.47 Å². The highest BCUT2D eigenvalue weighted by atomic mass is 32.1. The van der Waals surface area contributed by atoms with E-state index in [1.807, 2.05) is 29.2 Å². The molecule has 1 fully saturated rings. The maximum Gasteiger partial charge on any atom is 0.267 e. The summed E-state index contributed by atoms with van der Waals surface area (Å²) < 4.78 is 11.5. The quantitative estimate of drug-likeness (QED) is 0.856. The molecule has 1 amide bonds. The molecule has 1 saturated heterocycles. The van der Waals surface area contributed by atoms with E-state index in [9.17, 15) is 4.79 Å². The minimum atomic E-state index is -0.539. The number of hydrogen-bond acceptors (Lipinski definition) is 5. The van der Waals surface area contributed by atoms with Gasteiger partial charge in [0.05, 0.1) is 0 Å². The van der Waals surface area contributed by atoms with Crippen molar-refractivity contribution in [1.29, 1.82) is 0 Å². The maximum absolute atomic E-state index is 12.7. The van der Waals surface area contributed by atoms with Crippen LogP contribution in [0.25, 0.3) is 0 Å². The predicted molar refractivity (Wildman–Crippen MR) is 92.5 cm³/mol. The lowest BCUT2D eigenvalue weighted by atomic mass is 10.2. The second-order valence-electron chi connectivity index (χ2n) is 6.10. The van der Waals surface area contributed by atoms with Gasteiger partial charge in [-0.2, -0.15) is 11.3 Å². The van der Waals surface area contributed by atoms with Crippen molar-refractivity contribution in [3.8, 4) is 11.5 Å². The van der Waals surface area contributed by atoms with E-state index in [0.717, 1.165) is 32.7 Å². The van der Waals surface area contributed by atoms with Gasteiger partial charge >= 0.3 is 0 Å². The number of hydrogen-bond donors (Lipinski definition) is 0. The van der Waals surface area contributed by atoms with Crippen LogP contribution in [-0.4, -0.2) is 54.6 Å². The number of para-hydroxylation sites is 2. The number of piperazine rings is 1. The molecular formula is C18H20N2O3S. The first-order valence-corrected chi connectivity index (χ1v) is 9.14. The molecule has 2 aliphatic heterocycles. The van der Waals surface area contributed by atoms with E-state index in [-0.39, 0.29) is 12.5 Å². The van der Waals surface area contributed by atoms with E-state index >= 15 is 0 Å². The molecule has 0 radical (unpaired) electrons. The van der Waals surface area contributed by atoms with Gasteiger partial charge in [-0.25, -0.2) is 0 Å². The zero-order chi connectivity index (χ0) is 16.4. The van der Waals surface area contributed by atoms with Gasteiger partial charge < -0.3 is 14.4 Å². The Morgan fingerprint density at radius 1 is 1.12 bits per heavy atom. The average Bonchev–Trinajstić information content (AvgIpc) is 3.14.